The maximum atomic E-state index is 11.9. The summed E-state index contributed by atoms with van der Waals surface area (Å²) >= 11 is 11.7. The van der Waals surface area contributed by atoms with Crippen LogP contribution in [0.25, 0.3) is 0 Å². The third kappa shape index (κ3) is 4.97. The standard InChI is InChI=1S/C13H19Cl2N3O/c1-4-9(2)18(3)8-7-16-13(19)12-10(14)5-6-11(15)17-12/h5-6,9H,4,7-8H2,1-3H3,(H,16,19). The van der Waals surface area contributed by atoms with Crippen LogP contribution in [-0.2, 0) is 0 Å². The average Bonchev–Trinajstić information content (AvgIpc) is 2.40. The highest BCUT2D eigenvalue weighted by molar-refractivity contribution is 6.34. The van der Waals surface area contributed by atoms with E-state index in [1.165, 1.54) is 0 Å². The summed E-state index contributed by atoms with van der Waals surface area (Å²) in [6, 6.07) is 3.61. The number of hydrogen-bond donors (Lipinski definition) is 1. The lowest BCUT2D eigenvalue weighted by molar-refractivity contribution is 0.0942. The van der Waals surface area contributed by atoms with Gasteiger partial charge in [0.1, 0.15) is 10.8 Å². The van der Waals surface area contributed by atoms with Gasteiger partial charge in [0.25, 0.3) is 5.91 Å². The van der Waals surface area contributed by atoms with Gasteiger partial charge in [-0.2, -0.15) is 0 Å². The van der Waals surface area contributed by atoms with Crippen LogP contribution in [0.4, 0.5) is 0 Å². The van der Waals surface area contributed by atoms with Crippen molar-refractivity contribution in [1.29, 1.82) is 0 Å². The molecule has 0 aliphatic heterocycles. The summed E-state index contributed by atoms with van der Waals surface area (Å²) in [4.78, 5) is 18.0. The van der Waals surface area contributed by atoms with Gasteiger partial charge in [-0.3, -0.25) is 4.79 Å². The number of carbonyl (C=O) groups excluding carboxylic acids is 1. The summed E-state index contributed by atoms with van der Waals surface area (Å²) in [6.07, 6.45) is 1.08. The summed E-state index contributed by atoms with van der Waals surface area (Å²) in [6.45, 7) is 5.61. The Morgan fingerprint density at radius 3 is 2.79 bits per heavy atom. The molecule has 1 heterocycles. The fourth-order valence-electron chi connectivity index (χ4n) is 1.54. The molecule has 106 valence electrons. The van der Waals surface area contributed by atoms with Gasteiger partial charge in [0.2, 0.25) is 0 Å². The van der Waals surface area contributed by atoms with Crippen molar-refractivity contribution in [3.8, 4) is 0 Å². The number of rotatable bonds is 6. The quantitative estimate of drug-likeness (QED) is 0.822. The van der Waals surface area contributed by atoms with Crippen molar-refractivity contribution in [2.24, 2.45) is 0 Å². The first kappa shape index (κ1) is 16.2. The molecule has 0 saturated carbocycles. The molecular formula is C13H19Cl2N3O. The van der Waals surface area contributed by atoms with Crippen LogP contribution in [0.15, 0.2) is 12.1 Å². The van der Waals surface area contributed by atoms with E-state index in [0.717, 1.165) is 13.0 Å². The smallest absolute Gasteiger partial charge is 0.271 e. The molecule has 0 bridgehead atoms. The second kappa shape index (κ2) is 7.68. The zero-order chi connectivity index (χ0) is 14.4. The Balaban J connectivity index is 2.50. The summed E-state index contributed by atoms with van der Waals surface area (Å²) in [7, 11) is 2.03. The van der Waals surface area contributed by atoms with E-state index in [0.29, 0.717) is 17.6 Å². The number of aromatic nitrogens is 1. The van der Waals surface area contributed by atoms with Crippen LogP contribution in [0.5, 0.6) is 0 Å². The van der Waals surface area contributed by atoms with Gasteiger partial charge in [-0.25, -0.2) is 4.98 Å². The van der Waals surface area contributed by atoms with Crippen molar-refractivity contribution in [3.63, 3.8) is 0 Å². The van der Waals surface area contributed by atoms with Gasteiger partial charge >= 0.3 is 0 Å². The Bertz CT molecular complexity index is 440. The molecule has 0 aliphatic rings. The minimum absolute atomic E-state index is 0.167. The topological polar surface area (TPSA) is 45.2 Å². The zero-order valence-corrected chi connectivity index (χ0v) is 12.9. The van der Waals surface area contributed by atoms with Gasteiger partial charge in [-0.05, 0) is 32.5 Å². The predicted octanol–water partition coefficient (Wildman–Crippen LogP) is 2.85. The normalized spacial score (nSPS) is 12.5. The molecule has 0 saturated heterocycles. The molecule has 0 aromatic carbocycles. The highest BCUT2D eigenvalue weighted by Gasteiger charge is 2.13. The largest absolute Gasteiger partial charge is 0.349 e. The Kier molecular flexibility index (Phi) is 6.55. The molecule has 1 unspecified atom stereocenters. The molecule has 0 radical (unpaired) electrons. The summed E-state index contributed by atoms with van der Waals surface area (Å²) < 4.78 is 0. The van der Waals surface area contributed by atoms with E-state index >= 15 is 0 Å². The molecule has 1 rings (SSSR count). The monoisotopic (exact) mass is 303 g/mol. The third-order valence-electron chi connectivity index (χ3n) is 3.12. The highest BCUT2D eigenvalue weighted by Crippen LogP contribution is 2.16. The lowest BCUT2D eigenvalue weighted by Gasteiger charge is -2.23. The van der Waals surface area contributed by atoms with E-state index < -0.39 is 0 Å². The first-order valence-corrected chi connectivity index (χ1v) is 7.01. The van der Waals surface area contributed by atoms with Crippen molar-refractivity contribution in [3.05, 3.63) is 28.0 Å². The van der Waals surface area contributed by atoms with Gasteiger partial charge in [0.15, 0.2) is 0 Å². The number of nitrogens with one attached hydrogen (secondary N) is 1. The third-order valence-corrected chi connectivity index (χ3v) is 3.64. The van der Waals surface area contributed by atoms with E-state index in [9.17, 15) is 4.79 Å². The minimum atomic E-state index is -0.301. The van der Waals surface area contributed by atoms with Crippen LogP contribution in [0.1, 0.15) is 30.8 Å². The number of likely N-dealkylation sites (N-methyl/N-ethyl adjacent to an activating group) is 1. The number of amides is 1. The second-order valence-corrected chi connectivity index (χ2v) is 5.25. The van der Waals surface area contributed by atoms with E-state index in [1.807, 2.05) is 7.05 Å². The van der Waals surface area contributed by atoms with Crippen molar-refractivity contribution >= 4 is 29.1 Å². The fourth-order valence-corrected chi connectivity index (χ4v) is 1.88. The van der Waals surface area contributed by atoms with Crippen LogP contribution in [0.2, 0.25) is 10.2 Å². The highest BCUT2D eigenvalue weighted by atomic mass is 35.5. The maximum Gasteiger partial charge on any atom is 0.271 e. The Morgan fingerprint density at radius 2 is 2.16 bits per heavy atom. The summed E-state index contributed by atoms with van der Waals surface area (Å²) in [5, 5.41) is 3.35. The van der Waals surface area contributed by atoms with Crippen LogP contribution in [0, 0.1) is 0 Å². The molecule has 6 heteroatoms. The van der Waals surface area contributed by atoms with Gasteiger partial charge in [0, 0.05) is 19.1 Å². The second-order valence-electron chi connectivity index (χ2n) is 4.46. The molecule has 1 aromatic heterocycles. The van der Waals surface area contributed by atoms with E-state index in [1.54, 1.807) is 12.1 Å². The maximum absolute atomic E-state index is 11.9. The molecule has 4 nitrogen and oxygen atoms in total. The van der Waals surface area contributed by atoms with Crippen LogP contribution in [0.3, 0.4) is 0 Å². The molecule has 0 aliphatic carbocycles. The number of nitrogens with zero attached hydrogens (tertiary/aromatic N) is 2. The van der Waals surface area contributed by atoms with Crippen molar-refractivity contribution in [1.82, 2.24) is 15.2 Å². The molecule has 0 fully saturated rings. The van der Waals surface area contributed by atoms with Crippen molar-refractivity contribution in [2.75, 3.05) is 20.1 Å². The lowest BCUT2D eigenvalue weighted by Crippen LogP contribution is -2.37. The van der Waals surface area contributed by atoms with Crippen LogP contribution in [-0.4, -0.2) is 42.0 Å². The van der Waals surface area contributed by atoms with E-state index in [2.05, 4.69) is 29.0 Å². The van der Waals surface area contributed by atoms with Crippen LogP contribution >= 0.6 is 23.2 Å². The Hall–Kier alpha value is -0.840. The molecule has 0 spiro atoms. The molecule has 1 N–H and O–H groups in total. The molecule has 19 heavy (non-hydrogen) atoms. The van der Waals surface area contributed by atoms with Gasteiger partial charge < -0.3 is 10.2 Å². The Labute approximate surface area is 124 Å². The minimum Gasteiger partial charge on any atom is -0.349 e. The number of hydrogen-bond acceptors (Lipinski definition) is 3. The molecular weight excluding hydrogens is 285 g/mol. The number of pyridine rings is 1. The number of halogens is 2. The van der Waals surface area contributed by atoms with Gasteiger partial charge in [-0.1, -0.05) is 30.1 Å². The van der Waals surface area contributed by atoms with E-state index in [4.69, 9.17) is 23.2 Å². The van der Waals surface area contributed by atoms with Crippen LogP contribution < -0.4 is 5.32 Å². The first-order valence-electron chi connectivity index (χ1n) is 6.26. The zero-order valence-electron chi connectivity index (χ0n) is 11.4. The molecule has 1 aromatic rings. The van der Waals surface area contributed by atoms with Crippen molar-refractivity contribution < 1.29 is 4.79 Å². The first-order chi connectivity index (χ1) is 8.95. The van der Waals surface area contributed by atoms with Crippen molar-refractivity contribution in [2.45, 2.75) is 26.3 Å². The Morgan fingerprint density at radius 1 is 1.47 bits per heavy atom. The van der Waals surface area contributed by atoms with Gasteiger partial charge in [0.05, 0.1) is 5.02 Å². The summed E-state index contributed by atoms with van der Waals surface area (Å²) in [5.74, 6) is -0.301. The number of carbonyl (C=O) groups is 1. The van der Waals surface area contributed by atoms with Gasteiger partial charge in [-0.15, -0.1) is 0 Å². The SMILES string of the molecule is CCC(C)N(C)CCNC(=O)c1nc(Cl)ccc1Cl. The predicted molar refractivity (Wildman–Crippen MR) is 79.0 cm³/mol. The molecule has 1 atom stereocenters. The molecule has 1 amide bonds. The summed E-state index contributed by atoms with van der Waals surface area (Å²) in [5.41, 5.74) is 0.167. The van der Waals surface area contributed by atoms with E-state index in [-0.39, 0.29) is 16.8 Å². The fraction of sp³-hybridized carbons (Fsp3) is 0.538. The lowest BCUT2D eigenvalue weighted by atomic mass is 10.2. The average molecular weight is 304 g/mol.